The summed E-state index contributed by atoms with van der Waals surface area (Å²) in [5, 5.41) is 11.2. The maximum absolute atomic E-state index is 12.3. The molecule has 0 spiro atoms. The zero-order valence-corrected chi connectivity index (χ0v) is 15.3. The first-order valence-electron chi connectivity index (χ1n) is 7.54. The predicted octanol–water partition coefficient (Wildman–Crippen LogP) is 4.18. The minimum atomic E-state index is -0.610. The molecule has 1 heterocycles. The van der Waals surface area contributed by atoms with Crippen LogP contribution in [-0.4, -0.2) is 28.0 Å². The van der Waals surface area contributed by atoms with Crippen LogP contribution in [0, 0.1) is 0 Å². The molecule has 5 nitrogen and oxygen atoms in total. The van der Waals surface area contributed by atoms with E-state index >= 15 is 0 Å². The van der Waals surface area contributed by atoms with Crippen molar-refractivity contribution in [3.05, 3.63) is 29.8 Å². The zero-order chi connectivity index (χ0) is 16.8. The van der Waals surface area contributed by atoms with Gasteiger partial charge in [0.25, 0.3) is 5.91 Å². The van der Waals surface area contributed by atoms with Gasteiger partial charge in [-0.25, -0.2) is 0 Å². The first-order valence-corrected chi connectivity index (χ1v) is 9.34. The van der Waals surface area contributed by atoms with E-state index in [-0.39, 0.29) is 5.91 Å². The summed E-state index contributed by atoms with van der Waals surface area (Å²) in [4.78, 5) is 12.3. The number of ether oxygens (including phenoxy) is 1. The summed E-state index contributed by atoms with van der Waals surface area (Å²) in [6.45, 7) is 7.98. The Hall–Kier alpha value is -1.60. The molecule has 0 saturated carbocycles. The Morgan fingerprint density at radius 1 is 1.30 bits per heavy atom. The van der Waals surface area contributed by atoms with Gasteiger partial charge in [-0.3, -0.25) is 10.1 Å². The van der Waals surface area contributed by atoms with Gasteiger partial charge in [0.1, 0.15) is 5.75 Å². The first kappa shape index (κ1) is 17.7. The number of para-hydroxylation sites is 1. The molecule has 0 saturated heterocycles. The number of hydrogen-bond acceptors (Lipinski definition) is 6. The fourth-order valence-corrected chi connectivity index (χ4v) is 3.61. The smallest absolute Gasteiger partial charge is 0.266 e. The number of nitrogens with zero attached hydrogens (tertiary/aromatic N) is 2. The lowest BCUT2D eigenvalue weighted by molar-refractivity contribution is -0.122. The molecule has 0 aliphatic carbocycles. The largest absolute Gasteiger partial charge is 0.481 e. The lowest BCUT2D eigenvalue weighted by Crippen LogP contribution is -2.30. The number of carbonyl (C=O) groups is 1. The molecule has 1 atom stereocenters. The van der Waals surface area contributed by atoms with E-state index in [0.717, 1.165) is 21.4 Å². The minimum absolute atomic E-state index is 0.229. The van der Waals surface area contributed by atoms with E-state index < -0.39 is 6.10 Å². The van der Waals surface area contributed by atoms with Crippen LogP contribution in [0.3, 0.4) is 0 Å². The SMILES string of the molecule is CCSc1nnc(NC(=O)[C@@H](C)Oc2ccccc2C(C)C)s1. The lowest BCUT2D eigenvalue weighted by Gasteiger charge is -2.18. The summed E-state index contributed by atoms with van der Waals surface area (Å²) >= 11 is 2.97. The molecule has 1 aromatic carbocycles. The Labute approximate surface area is 144 Å². The van der Waals surface area contributed by atoms with Crippen molar-refractivity contribution in [3.63, 3.8) is 0 Å². The molecule has 0 fully saturated rings. The molecule has 0 unspecified atom stereocenters. The maximum atomic E-state index is 12.3. The van der Waals surface area contributed by atoms with Gasteiger partial charge in [-0.15, -0.1) is 10.2 Å². The van der Waals surface area contributed by atoms with E-state index in [9.17, 15) is 4.79 Å². The van der Waals surface area contributed by atoms with Gasteiger partial charge >= 0.3 is 0 Å². The molecule has 1 aromatic heterocycles. The van der Waals surface area contributed by atoms with Crippen molar-refractivity contribution in [1.82, 2.24) is 10.2 Å². The Balaban J connectivity index is 1.99. The lowest BCUT2D eigenvalue weighted by atomic mass is 10.0. The van der Waals surface area contributed by atoms with Gasteiger partial charge in [-0.2, -0.15) is 0 Å². The van der Waals surface area contributed by atoms with Crippen molar-refractivity contribution in [1.29, 1.82) is 0 Å². The Morgan fingerprint density at radius 2 is 2.04 bits per heavy atom. The number of aromatic nitrogens is 2. The molecule has 0 aliphatic heterocycles. The highest BCUT2D eigenvalue weighted by molar-refractivity contribution is 8.01. The highest BCUT2D eigenvalue weighted by atomic mass is 32.2. The summed E-state index contributed by atoms with van der Waals surface area (Å²) in [5.41, 5.74) is 1.09. The molecule has 0 radical (unpaired) electrons. The highest BCUT2D eigenvalue weighted by Crippen LogP contribution is 2.28. The number of rotatable bonds is 7. The van der Waals surface area contributed by atoms with E-state index in [4.69, 9.17) is 4.74 Å². The molecular formula is C16H21N3O2S2. The van der Waals surface area contributed by atoms with Crippen LogP contribution in [0.25, 0.3) is 0 Å². The molecule has 1 amide bonds. The van der Waals surface area contributed by atoms with Crippen LogP contribution in [0.15, 0.2) is 28.6 Å². The van der Waals surface area contributed by atoms with E-state index in [0.29, 0.717) is 11.0 Å². The molecular weight excluding hydrogens is 330 g/mol. The van der Waals surface area contributed by atoms with Crippen LogP contribution in [0.5, 0.6) is 5.75 Å². The van der Waals surface area contributed by atoms with Crippen LogP contribution >= 0.6 is 23.1 Å². The van der Waals surface area contributed by atoms with Crippen molar-refractivity contribution in [2.24, 2.45) is 0 Å². The van der Waals surface area contributed by atoms with Gasteiger partial charge in [0, 0.05) is 0 Å². The quantitative estimate of drug-likeness (QED) is 0.599. The molecule has 23 heavy (non-hydrogen) atoms. The predicted molar refractivity (Wildman–Crippen MR) is 95.6 cm³/mol. The summed E-state index contributed by atoms with van der Waals surface area (Å²) in [7, 11) is 0. The molecule has 124 valence electrons. The van der Waals surface area contributed by atoms with Crippen molar-refractivity contribution in [2.45, 2.75) is 44.1 Å². The monoisotopic (exact) mass is 351 g/mol. The highest BCUT2D eigenvalue weighted by Gasteiger charge is 2.19. The maximum Gasteiger partial charge on any atom is 0.266 e. The second-order valence-electron chi connectivity index (χ2n) is 5.25. The number of anilines is 1. The molecule has 0 aliphatic rings. The van der Waals surface area contributed by atoms with Crippen LogP contribution in [-0.2, 0) is 4.79 Å². The van der Waals surface area contributed by atoms with Crippen LogP contribution in [0.1, 0.15) is 39.2 Å². The van der Waals surface area contributed by atoms with E-state index in [1.54, 1.807) is 18.7 Å². The second kappa shape index (κ2) is 8.31. The van der Waals surface area contributed by atoms with Crippen molar-refractivity contribution < 1.29 is 9.53 Å². The summed E-state index contributed by atoms with van der Waals surface area (Å²) in [6.07, 6.45) is -0.610. The van der Waals surface area contributed by atoms with Gasteiger partial charge in [0.15, 0.2) is 10.4 Å². The normalized spacial score (nSPS) is 12.2. The topological polar surface area (TPSA) is 64.1 Å². The Bertz CT molecular complexity index is 658. The third kappa shape index (κ3) is 4.94. The number of thioether (sulfide) groups is 1. The fraction of sp³-hybridized carbons (Fsp3) is 0.438. The van der Waals surface area contributed by atoms with Crippen LogP contribution in [0.2, 0.25) is 0 Å². The third-order valence-electron chi connectivity index (χ3n) is 3.12. The molecule has 0 bridgehead atoms. The van der Waals surface area contributed by atoms with Crippen LogP contribution < -0.4 is 10.1 Å². The average Bonchev–Trinajstić information content (AvgIpc) is 2.95. The number of amides is 1. The summed E-state index contributed by atoms with van der Waals surface area (Å²) in [5.74, 6) is 1.77. The average molecular weight is 351 g/mol. The molecule has 2 rings (SSSR count). The van der Waals surface area contributed by atoms with Gasteiger partial charge in [-0.1, -0.05) is 62.1 Å². The number of carbonyl (C=O) groups excluding carboxylic acids is 1. The third-order valence-corrected chi connectivity index (χ3v) is 4.97. The van der Waals surface area contributed by atoms with Gasteiger partial charge in [0.05, 0.1) is 0 Å². The minimum Gasteiger partial charge on any atom is -0.481 e. The molecule has 1 N–H and O–H groups in total. The van der Waals surface area contributed by atoms with E-state index in [1.165, 1.54) is 11.3 Å². The fourth-order valence-electron chi connectivity index (χ4n) is 1.96. The first-order chi connectivity index (χ1) is 11.0. The van der Waals surface area contributed by atoms with Gasteiger partial charge < -0.3 is 4.74 Å². The van der Waals surface area contributed by atoms with Crippen molar-refractivity contribution in [2.75, 3.05) is 11.1 Å². The second-order valence-corrected chi connectivity index (χ2v) is 7.74. The van der Waals surface area contributed by atoms with Crippen molar-refractivity contribution >= 4 is 34.1 Å². The number of benzene rings is 1. The van der Waals surface area contributed by atoms with Crippen LogP contribution in [0.4, 0.5) is 5.13 Å². The Morgan fingerprint density at radius 3 is 2.74 bits per heavy atom. The van der Waals surface area contributed by atoms with Gasteiger partial charge in [0.2, 0.25) is 5.13 Å². The van der Waals surface area contributed by atoms with E-state index in [1.807, 2.05) is 31.2 Å². The number of nitrogens with one attached hydrogen (secondary N) is 1. The summed E-state index contributed by atoms with van der Waals surface area (Å²) < 4.78 is 6.68. The molecule has 2 aromatic rings. The molecule has 7 heteroatoms. The summed E-state index contributed by atoms with van der Waals surface area (Å²) in [6, 6.07) is 7.79. The van der Waals surface area contributed by atoms with Gasteiger partial charge in [-0.05, 0) is 30.2 Å². The van der Waals surface area contributed by atoms with E-state index in [2.05, 4.69) is 29.4 Å². The van der Waals surface area contributed by atoms with Crippen molar-refractivity contribution in [3.8, 4) is 5.75 Å². The number of hydrogen-bond donors (Lipinski definition) is 1. The Kier molecular flexibility index (Phi) is 6.41. The zero-order valence-electron chi connectivity index (χ0n) is 13.7. The standard InChI is InChI=1S/C16H21N3O2S2/c1-5-22-16-19-18-15(23-16)17-14(20)11(4)21-13-9-7-6-8-12(13)10(2)3/h6-11H,5H2,1-4H3,(H,17,18,20)/t11-/m1/s1.